The summed E-state index contributed by atoms with van der Waals surface area (Å²) in [6.07, 6.45) is 3.18. The molecule has 0 radical (unpaired) electrons. The van der Waals surface area contributed by atoms with Crippen molar-refractivity contribution in [3.8, 4) is 0 Å². The van der Waals surface area contributed by atoms with E-state index in [-0.39, 0.29) is 5.91 Å². The van der Waals surface area contributed by atoms with Crippen molar-refractivity contribution in [3.05, 3.63) is 53.3 Å². The van der Waals surface area contributed by atoms with Gasteiger partial charge in [-0.25, -0.2) is 0 Å². The van der Waals surface area contributed by atoms with Crippen molar-refractivity contribution in [3.63, 3.8) is 0 Å². The topological polar surface area (TPSA) is 68.0 Å². The molecule has 18 heavy (non-hydrogen) atoms. The van der Waals surface area contributed by atoms with Crippen LogP contribution in [0.5, 0.6) is 0 Å². The van der Waals surface area contributed by atoms with E-state index in [4.69, 9.17) is 5.73 Å². The van der Waals surface area contributed by atoms with E-state index in [9.17, 15) is 4.79 Å². The van der Waals surface area contributed by atoms with Crippen LogP contribution >= 0.6 is 0 Å². The number of carbonyl (C=O) groups is 1. The predicted octanol–water partition coefficient (Wildman–Crippen LogP) is 2.53. The Balaban J connectivity index is 2.25. The average molecular weight is 241 g/mol. The number of anilines is 2. The van der Waals surface area contributed by atoms with Gasteiger partial charge in [-0.15, -0.1) is 0 Å². The number of benzene rings is 1. The van der Waals surface area contributed by atoms with Crippen LogP contribution in [0.15, 0.2) is 36.7 Å². The van der Waals surface area contributed by atoms with Crippen LogP contribution in [-0.2, 0) is 0 Å². The molecule has 4 nitrogen and oxygen atoms in total. The molecule has 0 saturated carbocycles. The Hall–Kier alpha value is -2.36. The molecule has 0 aliphatic carbocycles. The van der Waals surface area contributed by atoms with E-state index in [1.54, 1.807) is 30.6 Å². The highest BCUT2D eigenvalue weighted by Crippen LogP contribution is 2.22. The number of nitrogens with two attached hydrogens (primary N) is 1. The molecule has 2 aromatic rings. The normalized spacial score (nSPS) is 10.1. The molecule has 3 N–H and O–H groups in total. The van der Waals surface area contributed by atoms with E-state index in [1.807, 2.05) is 19.9 Å². The van der Waals surface area contributed by atoms with Crippen LogP contribution in [0.4, 0.5) is 11.4 Å². The summed E-state index contributed by atoms with van der Waals surface area (Å²) in [7, 11) is 0. The van der Waals surface area contributed by atoms with Gasteiger partial charge in [0.2, 0.25) is 0 Å². The second kappa shape index (κ2) is 4.87. The minimum atomic E-state index is -0.163. The molecule has 0 aliphatic rings. The fraction of sp³-hybridized carbons (Fsp3) is 0.143. The van der Waals surface area contributed by atoms with Crippen molar-refractivity contribution in [2.45, 2.75) is 13.8 Å². The zero-order chi connectivity index (χ0) is 13.1. The molecule has 0 atom stereocenters. The smallest absolute Gasteiger partial charge is 0.255 e. The molecule has 0 saturated heterocycles. The van der Waals surface area contributed by atoms with Crippen molar-refractivity contribution in [2.24, 2.45) is 0 Å². The lowest BCUT2D eigenvalue weighted by molar-refractivity contribution is 0.102. The van der Waals surface area contributed by atoms with Gasteiger partial charge < -0.3 is 11.1 Å². The second-order valence-corrected chi connectivity index (χ2v) is 4.21. The summed E-state index contributed by atoms with van der Waals surface area (Å²) in [6.45, 7) is 3.88. The number of hydrogen-bond donors (Lipinski definition) is 2. The zero-order valence-electron chi connectivity index (χ0n) is 10.4. The van der Waals surface area contributed by atoms with E-state index in [1.165, 1.54) is 0 Å². The van der Waals surface area contributed by atoms with Crippen molar-refractivity contribution < 1.29 is 4.79 Å². The molecule has 0 unspecified atom stereocenters. The highest BCUT2D eigenvalue weighted by molar-refractivity contribution is 6.04. The van der Waals surface area contributed by atoms with Gasteiger partial charge in [0.15, 0.2) is 0 Å². The molecule has 92 valence electrons. The SMILES string of the molecule is Cc1cc(C)c(NC(=O)c2ccncc2)cc1N. The highest BCUT2D eigenvalue weighted by Gasteiger charge is 2.08. The number of amides is 1. The number of hydrogen-bond acceptors (Lipinski definition) is 3. The predicted molar refractivity (Wildman–Crippen MR) is 72.5 cm³/mol. The Morgan fingerprint density at radius 2 is 1.83 bits per heavy atom. The molecule has 0 spiro atoms. The van der Waals surface area contributed by atoms with Gasteiger partial charge in [0, 0.05) is 29.3 Å². The van der Waals surface area contributed by atoms with E-state index in [0.717, 1.165) is 16.8 Å². The molecule has 0 bridgehead atoms. The fourth-order valence-electron chi connectivity index (χ4n) is 1.70. The first-order chi connectivity index (χ1) is 8.58. The van der Waals surface area contributed by atoms with Gasteiger partial charge >= 0.3 is 0 Å². The fourth-order valence-corrected chi connectivity index (χ4v) is 1.70. The highest BCUT2D eigenvalue weighted by atomic mass is 16.1. The molecular formula is C14H15N3O. The standard InChI is InChI=1S/C14H15N3O/c1-9-7-10(2)13(8-12(9)15)17-14(18)11-3-5-16-6-4-11/h3-8H,15H2,1-2H3,(H,17,18). The lowest BCUT2D eigenvalue weighted by atomic mass is 10.1. The third kappa shape index (κ3) is 2.48. The molecule has 0 fully saturated rings. The number of nitrogens with one attached hydrogen (secondary N) is 1. The largest absolute Gasteiger partial charge is 0.398 e. The number of aromatic nitrogens is 1. The number of rotatable bonds is 2. The third-order valence-corrected chi connectivity index (χ3v) is 2.80. The van der Waals surface area contributed by atoms with Crippen LogP contribution in [0, 0.1) is 13.8 Å². The summed E-state index contributed by atoms with van der Waals surface area (Å²) in [6, 6.07) is 7.08. The Labute approximate surface area is 106 Å². The van der Waals surface area contributed by atoms with Crippen LogP contribution in [-0.4, -0.2) is 10.9 Å². The molecule has 1 aromatic carbocycles. The molecular weight excluding hydrogens is 226 g/mol. The molecule has 2 rings (SSSR count). The summed E-state index contributed by atoms with van der Waals surface area (Å²) < 4.78 is 0. The summed E-state index contributed by atoms with van der Waals surface area (Å²) in [4.78, 5) is 15.9. The van der Waals surface area contributed by atoms with Crippen LogP contribution in [0.25, 0.3) is 0 Å². The van der Waals surface area contributed by atoms with Crippen LogP contribution < -0.4 is 11.1 Å². The zero-order valence-corrected chi connectivity index (χ0v) is 10.4. The molecule has 1 heterocycles. The average Bonchev–Trinajstić information content (AvgIpc) is 2.37. The minimum Gasteiger partial charge on any atom is -0.398 e. The van der Waals surface area contributed by atoms with Crippen LogP contribution in [0.1, 0.15) is 21.5 Å². The molecule has 4 heteroatoms. The van der Waals surface area contributed by atoms with Gasteiger partial charge in [0.1, 0.15) is 0 Å². The molecule has 0 aliphatic heterocycles. The Bertz CT molecular complexity index is 579. The maximum atomic E-state index is 12.0. The third-order valence-electron chi connectivity index (χ3n) is 2.80. The monoisotopic (exact) mass is 241 g/mol. The van der Waals surface area contributed by atoms with Crippen LogP contribution in [0.2, 0.25) is 0 Å². The van der Waals surface area contributed by atoms with Gasteiger partial charge in [0.25, 0.3) is 5.91 Å². The van der Waals surface area contributed by atoms with Gasteiger partial charge in [-0.1, -0.05) is 6.07 Å². The first kappa shape index (κ1) is 12.1. The maximum absolute atomic E-state index is 12.0. The summed E-state index contributed by atoms with van der Waals surface area (Å²) >= 11 is 0. The second-order valence-electron chi connectivity index (χ2n) is 4.21. The first-order valence-electron chi connectivity index (χ1n) is 5.66. The Morgan fingerprint density at radius 3 is 2.50 bits per heavy atom. The van der Waals surface area contributed by atoms with Crippen molar-refractivity contribution in [1.29, 1.82) is 0 Å². The van der Waals surface area contributed by atoms with E-state index in [2.05, 4.69) is 10.3 Å². The lowest BCUT2D eigenvalue weighted by Gasteiger charge is -2.11. The number of pyridine rings is 1. The molecule has 1 aromatic heterocycles. The van der Waals surface area contributed by atoms with Crippen molar-refractivity contribution in [1.82, 2.24) is 4.98 Å². The van der Waals surface area contributed by atoms with E-state index < -0.39 is 0 Å². The van der Waals surface area contributed by atoms with Crippen molar-refractivity contribution >= 4 is 17.3 Å². The van der Waals surface area contributed by atoms with Gasteiger partial charge in [-0.2, -0.15) is 0 Å². The summed E-state index contributed by atoms with van der Waals surface area (Å²) in [5.74, 6) is -0.163. The minimum absolute atomic E-state index is 0.163. The van der Waals surface area contributed by atoms with Gasteiger partial charge in [-0.3, -0.25) is 9.78 Å². The Kier molecular flexibility index (Phi) is 3.28. The number of nitrogen functional groups attached to an aromatic ring is 1. The van der Waals surface area contributed by atoms with Gasteiger partial charge in [0.05, 0.1) is 0 Å². The lowest BCUT2D eigenvalue weighted by Crippen LogP contribution is -2.13. The number of aryl methyl sites for hydroxylation is 2. The summed E-state index contributed by atoms with van der Waals surface area (Å²) in [5.41, 5.74) is 9.82. The number of nitrogens with zero attached hydrogens (tertiary/aromatic N) is 1. The van der Waals surface area contributed by atoms with Crippen LogP contribution in [0.3, 0.4) is 0 Å². The van der Waals surface area contributed by atoms with Crippen molar-refractivity contribution in [2.75, 3.05) is 11.1 Å². The quantitative estimate of drug-likeness (QED) is 0.794. The van der Waals surface area contributed by atoms with Gasteiger partial charge in [-0.05, 0) is 43.2 Å². The summed E-state index contributed by atoms with van der Waals surface area (Å²) in [5, 5.41) is 2.85. The maximum Gasteiger partial charge on any atom is 0.255 e. The first-order valence-corrected chi connectivity index (χ1v) is 5.66. The Morgan fingerprint density at radius 1 is 1.17 bits per heavy atom. The van der Waals surface area contributed by atoms with E-state index >= 15 is 0 Å². The number of carbonyl (C=O) groups excluding carboxylic acids is 1. The van der Waals surface area contributed by atoms with E-state index in [0.29, 0.717) is 11.3 Å². The molecule has 1 amide bonds.